The van der Waals surface area contributed by atoms with Gasteiger partial charge in [0.05, 0.1) is 22.5 Å². The van der Waals surface area contributed by atoms with Crippen molar-refractivity contribution in [2.45, 2.75) is 31.2 Å². The number of carbonyl (C=O) groups excluding carboxylic acids is 1. The lowest BCUT2D eigenvalue weighted by molar-refractivity contribution is -0.384. The summed E-state index contributed by atoms with van der Waals surface area (Å²) in [4.78, 5) is 22.5. The molecular formula is C21H22N2O6S. The van der Waals surface area contributed by atoms with Gasteiger partial charge < -0.3 is 4.74 Å². The summed E-state index contributed by atoms with van der Waals surface area (Å²) < 4.78 is 33.1. The minimum absolute atomic E-state index is 0.0738. The van der Waals surface area contributed by atoms with Gasteiger partial charge in [-0.15, -0.1) is 0 Å². The molecule has 0 saturated carbocycles. The smallest absolute Gasteiger partial charge is 0.335 e. The highest BCUT2D eigenvalue weighted by atomic mass is 32.2. The highest BCUT2D eigenvalue weighted by Gasteiger charge is 2.37. The molecule has 1 aliphatic heterocycles. The number of ether oxygens (including phenoxy) is 1. The third kappa shape index (κ3) is 4.42. The molecule has 0 fully saturated rings. The summed E-state index contributed by atoms with van der Waals surface area (Å²) in [6.45, 7) is 3.67. The number of hydrogen-bond donors (Lipinski definition) is 0. The molecule has 8 nitrogen and oxygen atoms in total. The van der Waals surface area contributed by atoms with Gasteiger partial charge in [-0.1, -0.05) is 35.9 Å². The fourth-order valence-electron chi connectivity index (χ4n) is 3.30. The van der Waals surface area contributed by atoms with Gasteiger partial charge in [-0.05, 0) is 38.0 Å². The zero-order chi connectivity index (χ0) is 21.9. The Morgan fingerprint density at radius 3 is 2.37 bits per heavy atom. The Hall–Kier alpha value is -3.04. The van der Waals surface area contributed by atoms with E-state index < -0.39 is 27.0 Å². The van der Waals surface area contributed by atoms with E-state index in [1.165, 1.54) is 16.4 Å². The molecule has 1 aliphatic rings. The molecule has 3 rings (SSSR count). The number of sulfonamides is 1. The van der Waals surface area contributed by atoms with Crippen molar-refractivity contribution in [1.82, 2.24) is 4.31 Å². The maximum atomic E-state index is 13.4. The Bertz CT molecular complexity index is 1080. The summed E-state index contributed by atoms with van der Waals surface area (Å²) >= 11 is 0. The van der Waals surface area contributed by atoms with E-state index in [0.717, 1.165) is 23.3 Å². The Kier molecular flexibility index (Phi) is 6.33. The van der Waals surface area contributed by atoms with E-state index in [1.807, 2.05) is 31.2 Å². The molecule has 158 valence electrons. The summed E-state index contributed by atoms with van der Waals surface area (Å²) in [5.74, 6) is -0.552. The first-order chi connectivity index (χ1) is 14.2. The van der Waals surface area contributed by atoms with E-state index in [9.17, 15) is 23.3 Å². The number of nitrogens with zero attached hydrogens (tertiary/aromatic N) is 2. The van der Waals surface area contributed by atoms with Gasteiger partial charge in [0.1, 0.15) is 0 Å². The number of nitro groups is 1. The molecule has 2 aromatic rings. The van der Waals surface area contributed by atoms with Crippen LogP contribution in [-0.4, -0.2) is 36.8 Å². The molecule has 0 aromatic heterocycles. The van der Waals surface area contributed by atoms with Crippen LogP contribution in [-0.2, 0) is 19.6 Å². The summed E-state index contributed by atoms with van der Waals surface area (Å²) in [6, 6.07) is 11.7. The second-order valence-electron chi connectivity index (χ2n) is 6.91. The minimum Gasteiger partial charge on any atom is -0.463 e. The molecule has 2 aromatic carbocycles. The van der Waals surface area contributed by atoms with Crippen molar-refractivity contribution < 1.29 is 22.9 Å². The molecule has 0 N–H and O–H groups in total. The summed E-state index contributed by atoms with van der Waals surface area (Å²) in [5, 5.41) is 10.9. The van der Waals surface area contributed by atoms with Gasteiger partial charge in [-0.3, -0.25) is 10.1 Å². The molecule has 0 bridgehead atoms. The normalized spacial score (nSPS) is 17.3. The van der Waals surface area contributed by atoms with Crippen LogP contribution in [0.2, 0.25) is 0 Å². The number of nitro benzene ring substituents is 1. The van der Waals surface area contributed by atoms with E-state index in [1.54, 1.807) is 13.0 Å². The lowest BCUT2D eigenvalue weighted by Gasteiger charge is -2.34. The fourth-order valence-corrected chi connectivity index (χ4v) is 4.91. The van der Waals surface area contributed by atoms with Crippen molar-refractivity contribution in [3.8, 4) is 0 Å². The lowest BCUT2D eigenvalue weighted by atomic mass is 9.97. The van der Waals surface area contributed by atoms with Crippen molar-refractivity contribution in [2.75, 3.05) is 13.2 Å². The first kappa shape index (κ1) is 21.7. The van der Waals surface area contributed by atoms with Crippen LogP contribution in [0.3, 0.4) is 0 Å². The van der Waals surface area contributed by atoms with E-state index in [0.29, 0.717) is 6.42 Å². The summed E-state index contributed by atoms with van der Waals surface area (Å²) in [6.07, 6.45) is 2.02. The second kappa shape index (κ2) is 8.76. The van der Waals surface area contributed by atoms with Crippen LogP contribution in [0.25, 0.3) is 0 Å². The number of hydrogen-bond acceptors (Lipinski definition) is 6. The van der Waals surface area contributed by atoms with E-state index in [2.05, 4.69) is 0 Å². The van der Waals surface area contributed by atoms with Gasteiger partial charge in [0.15, 0.2) is 0 Å². The van der Waals surface area contributed by atoms with Crippen LogP contribution in [0.1, 0.15) is 30.5 Å². The maximum absolute atomic E-state index is 13.4. The number of non-ortho nitro benzene ring substituents is 1. The SMILES string of the molecule is CCOC(=O)C1=CC[C@H](c2ccc(C)cc2)N(S(=O)(=O)c2ccc([N+](=O)[O-])cc2)C1. The van der Waals surface area contributed by atoms with Gasteiger partial charge >= 0.3 is 5.97 Å². The van der Waals surface area contributed by atoms with Crippen LogP contribution in [0.5, 0.6) is 0 Å². The molecule has 0 saturated heterocycles. The Morgan fingerprint density at radius 1 is 1.17 bits per heavy atom. The number of esters is 1. The number of carbonyl (C=O) groups is 1. The molecule has 0 unspecified atom stereocenters. The summed E-state index contributed by atoms with van der Waals surface area (Å²) in [5.41, 5.74) is 1.91. The van der Waals surface area contributed by atoms with Crippen LogP contribution in [0.4, 0.5) is 5.69 Å². The predicted molar refractivity (Wildman–Crippen MR) is 110 cm³/mol. The van der Waals surface area contributed by atoms with Gasteiger partial charge in [0, 0.05) is 24.3 Å². The van der Waals surface area contributed by atoms with Crippen molar-refractivity contribution >= 4 is 21.7 Å². The first-order valence-corrected chi connectivity index (χ1v) is 10.9. The zero-order valence-corrected chi connectivity index (χ0v) is 17.5. The predicted octanol–water partition coefficient (Wildman–Crippen LogP) is 3.53. The average molecular weight is 430 g/mol. The molecule has 9 heteroatoms. The molecule has 1 atom stereocenters. The molecule has 0 amide bonds. The number of benzene rings is 2. The van der Waals surface area contributed by atoms with Crippen molar-refractivity contribution in [3.63, 3.8) is 0 Å². The van der Waals surface area contributed by atoms with Crippen LogP contribution in [0, 0.1) is 17.0 Å². The minimum atomic E-state index is -4.03. The monoisotopic (exact) mass is 430 g/mol. The fraction of sp³-hybridized carbons (Fsp3) is 0.286. The number of aryl methyl sites for hydroxylation is 1. The Balaban J connectivity index is 2.02. The van der Waals surface area contributed by atoms with Crippen molar-refractivity contribution in [3.05, 3.63) is 81.4 Å². The van der Waals surface area contributed by atoms with E-state index >= 15 is 0 Å². The average Bonchev–Trinajstić information content (AvgIpc) is 2.74. The molecule has 1 heterocycles. The van der Waals surface area contributed by atoms with E-state index in [4.69, 9.17) is 4.74 Å². The van der Waals surface area contributed by atoms with E-state index in [-0.39, 0.29) is 29.3 Å². The maximum Gasteiger partial charge on any atom is 0.335 e. The first-order valence-electron chi connectivity index (χ1n) is 9.43. The van der Waals surface area contributed by atoms with Gasteiger partial charge in [0.25, 0.3) is 5.69 Å². The highest BCUT2D eigenvalue weighted by molar-refractivity contribution is 7.89. The third-order valence-electron chi connectivity index (χ3n) is 4.92. The standard InChI is InChI=1S/C21H22N2O6S/c1-3-29-21(24)17-8-13-20(16-6-4-15(2)5-7-16)22(14-17)30(27,28)19-11-9-18(10-12-19)23(25)26/h4-12,20H,3,13-14H2,1-2H3/t20-/m1/s1. The van der Waals surface area contributed by atoms with Gasteiger partial charge in [-0.2, -0.15) is 4.31 Å². The number of rotatable bonds is 6. The lowest BCUT2D eigenvalue weighted by Crippen LogP contribution is -2.40. The molecular weight excluding hydrogens is 408 g/mol. The highest BCUT2D eigenvalue weighted by Crippen LogP contribution is 2.35. The molecule has 0 aliphatic carbocycles. The topological polar surface area (TPSA) is 107 Å². The van der Waals surface area contributed by atoms with Gasteiger partial charge in [0.2, 0.25) is 10.0 Å². The van der Waals surface area contributed by atoms with Crippen LogP contribution < -0.4 is 0 Å². The summed E-state index contributed by atoms with van der Waals surface area (Å²) in [7, 11) is -4.03. The van der Waals surface area contributed by atoms with Crippen LogP contribution >= 0.6 is 0 Å². The van der Waals surface area contributed by atoms with Crippen molar-refractivity contribution in [2.24, 2.45) is 0 Å². The molecule has 0 spiro atoms. The van der Waals surface area contributed by atoms with Crippen molar-refractivity contribution in [1.29, 1.82) is 0 Å². The Labute approximate surface area is 175 Å². The molecule has 0 radical (unpaired) electrons. The quantitative estimate of drug-likeness (QED) is 0.394. The second-order valence-corrected chi connectivity index (χ2v) is 8.80. The zero-order valence-electron chi connectivity index (χ0n) is 16.6. The third-order valence-corrected chi connectivity index (χ3v) is 6.78. The van der Waals surface area contributed by atoms with Gasteiger partial charge in [-0.25, -0.2) is 13.2 Å². The van der Waals surface area contributed by atoms with Crippen LogP contribution in [0.15, 0.2) is 65.1 Å². The Morgan fingerprint density at radius 2 is 1.80 bits per heavy atom. The largest absolute Gasteiger partial charge is 0.463 e. The molecule has 30 heavy (non-hydrogen) atoms.